The summed E-state index contributed by atoms with van der Waals surface area (Å²) in [7, 11) is 0. The number of imidazole rings is 1. The number of nitrogens with two attached hydrogens (primary N) is 1. The fourth-order valence-corrected chi connectivity index (χ4v) is 3.93. The van der Waals surface area contributed by atoms with Gasteiger partial charge in [0, 0.05) is 23.6 Å². The minimum atomic E-state index is 0.431. The molecule has 1 saturated carbocycles. The van der Waals surface area contributed by atoms with E-state index in [0.29, 0.717) is 17.9 Å². The van der Waals surface area contributed by atoms with Crippen molar-refractivity contribution in [3.63, 3.8) is 0 Å². The third kappa shape index (κ3) is 1.96. The van der Waals surface area contributed by atoms with Gasteiger partial charge in [-0.3, -0.25) is 0 Å². The maximum atomic E-state index is 6.34. The summed E-state index contributed by atoms with van der Waals surface area (Å²) in [6, 6.07) is 0.431. The van der Waals surface area contributed by atoms with Gasteiger partial charge in [0.15, 0.2) is 0 Å². The molecule has 1 aromatic rings. The molecule has 2 aliphatic rings. The minimum Gasteiger partial charge on any atom is -0.384 e. The van der Waals surface area contributed by atoms with Crippen LogP contribution in [0, 0.1) is 0 Å². The van der Waals surface area contributed by atoms with Crippen LogP contribution in [0.15, 0.2) is 0 Å². The molecule has 0 amide bonds. The van der Waals surface area contributed by atoms with E-state index in [-0.39, 0.29) is 0 Å². The van der Waals surface area contributed by atoms with E-state index in [4.69, 9.17) is 10.7 Å². The second kappa shape index (κ2) is 4.23. The minimum absolute atomic E-state index is 0.431. The van der Waals surface area contributed by atoms with Crippen molar-refractivity contribution in [2.24, 2.45) is 0 Å². The highest BCUT2D eigenvalue weighted by atomic mass is 32.2. The monoisotopic (exact) mass is 251 g/mol. The molecule has 3 nitrogen and oxygen atoms in total. The Bertz CT molecular complexity index is 415. The molecule has 2 heterocycles. The molecule has 2 fully saturated rings. The fraction of sp³-hybridized carbons (Fsp3) is 0.769. The summed E-state index contributed by atoms with van der Waals surface area (Å²) >= 11 is 2.03. The lowest BCUT2D eigenvalue weighted by Gasteiger charge is -2.13. The lowest BCUT2D eigenvalue weighted by Crippen LogP contribution is -2.10. The molecule has 0 aromatic carbocycles. The topological polar surface area (TPSA) is 43.8 Å². The highest BCUT2D eigenvalue weighted by Gasteiger charge is 2.33. The van der Waals surface area contributed by atoms with E-state index >= 15 is 0 Å². The molecular weight excluding hydrogens is 230 g/mol. The predicted octanol–water partition coefficient (Wildman–Crippen LogP) is 3.14. The van der Waals surface area contributed by atoms with Crippen LogP contribution in [-0.4, -0.2) is 21.1 Å². The molecule has 1 aliphatic heterocycles. The van der Waals surface area contributed by atoms with Gasteiger partial charge in [0.05, 0.1) is 5.69 Å². The van der Waals surface area contributed by atoms with Crippen LogP contribution in [0.5, 0.6) is 0 Å². The number of rotatable bonds is 3. The number of hydrogen-bond acceptors (Lipinski definition) is 3. The first-order valence-corrected chi connectivity index (χ1v) is 7.79. The summed E-state index contributed by atoms with van der Waals surface area (Å²) in [4.78, 5) is 4.90. The van der Waals surface area contributed by atoms with Crippen molar-refractivity contribution in [2.75, 3.05) is 17.2 Å². The number of nitrogen functional groups attached to an aromatic ring is 1. The van der Waals surface area contributed by atoms with Gasteiger partial charge in [0.25, 0.3) is 0 Å². The van der Waals surface area contributed by atoms with Crippen molar-refractivity contribution in [3.8, 4) is 0 Å². The maximum absolute atomic E-state index is 6.34. The maximum Gasteiger partial charge on any atom is 0.127 e. The lowest BCUT2D eigenvalue weighted by molar-refractivity contribution is 0.576. The number of anilines is 1. The highest BCUT2D eigenvalue weighted by Crippen LogP contribution is 2.44. The van der Waals surface area contributed by atoms with E-state index in [1.807, 2.05) is 11.8 Å². The highest BCUT2D eigenvalue weighted by molar-refractivity contribution is 7.99. The molecular formula is C13H21N3S. The van der Waals surface area contributed by atoms with Crippen LogP contribution in [0.3, 0.4) is 0 Å². The number of hydrogen-bond donors (Lipinski definition) is 1. The third-order valence-electron chi connectivity index (χ3n) is 3.78. The Kier molecular flexibility index (Phi) is 2.85. The normalized spacial score (nSPS) is 24.8. The first-order valence-electron chi connectivity index (χ1n) is 6.63. The zero-order valence-corrected chi connectivity index (χ0v) is 11.5. The Morgan fingerprint density at radius 3 is 2.59 bits per heavy atom. The van der Waals surface area contributed by atoms with E-state index in [9.17, 15) is 0 Å². The third-order valence-corrected chi connectivity index (χ3v) is 4.94. The van der Waals surface area contributed by atoms with Crippen LogP contribution in [-0.2, 0) is 0 Å². The van der Waals surface area contributed by atoms with Crippen LogP contribution < -0.4 is 5.73 Å². The molecule has 0 bridgehead atoms. The lowest BCUT2D eigenvalue weighted by atomic mass is 10.1. The molecule has 4 heteroatoms. The van der Waals surface area contributed by atoms with Gasteiger partial charge in [0.1, 0.15) is 11.6 Å². The van der Waals surface area contributed by atoms with Gasteiger partial charge >= 0.3 is 0 Å². The predicted molar refractivity (Wildman–Crippen MR) is 73.7 cm³/mol. The van der Waals surface area contributed by atoms with Gasteiger partial charge in [0.2, 0.25) is 0 Å². The first-order chi connectivity index (χ1) is 8.18. The molecule has 94 valence electrons. The molecule has 2 N–H and O–H groups in total. The number of thioether (sulfide) groups is 1. The fourth-order valence-electron chi connectivity index (χ4n) is 2.70. The summed E-state index contributed by atoms with van der Waals surface area (Å²) in [6.07, 6.45) is 3.83. The summed E-state index contributed by atoms with van der Waals surface area (Å²) in [5.41, 5.74) is 7.53. The van der Waals surface area contributed by atoms with Crippen LogP contribution in [0.2, 0.25) is 0 Å². The van der Waals surface area contributed by atoms with E-state index in [2.05, 4.69) is 18.4 Å². The number of aromatic nitrogens is 2. The molecule has 3 rings (SSSR count). The smallest absolute Gasteiger partial charge is 0.127 e. The molecule has 1 unspecified atom stereocenters. The molecule has 17 heavy (non-hydrogen) atoms. The Labute approximate surface area is 107 Å². The zero-order valence-electron chi connectivity index (χ0n) is 10.6. The van der Waals surface area contributed by atoms with Gasteiger partial charge in [-0.2, -0.15) is 11.8 Å². The Morgan fingerprint density at radius 2 is 2.06 bits per heavy atom. The molecule has 1 aromatic heterocycles. The van der Waals surface area contributed by atoms with Crippen molar-refractivity contribution in [1.29, 1.82) is 0 Å². The van der Waals surface area contributed by atoms with Crippen molar-refractivity contribution in [1.82, 2.24) is 9.55 Å². The van der Waals surface area contributed by atoms with Gasteiger partial charge < -0.3 is 10.3 Å². The van der Waals surface area contributed by atoms with Crippen LogP contribution in [0.1, 0.15) is 62.5 Å². The summed E-state index contributed by atoms with van der Waals surface area (Å²) < 4.78 is 2.27. The largest absolute Gasteiger partial charge is 0.384 e. The van der Waals surface area contributed by atoms with E-state index in [1.54, 1.807) is 0 Å². The van der Waals surface area contributed by atoms with Gasteiger partial charge in [-0.15, -0.1) is 0 Å². The van der Waals surface area contributed by atoms with E-state index in [0.717, 1.165) is 5.82 Å². The van der Waals surface area contributed by atoms with Gasteiger partial charge in [-0.25, -0.2) is 4.98 Å². The van der Waals surface area contributed by atoms with Gasteiger partial charge in [-0.1, -0.05) is 0 Å². The average Bonchev–Trinajstić information content (AvgIpc) is 2.87. The second-order valence-corrected chi connectivity index (χ2v) is 6.69. The summed E-state index contributed by atoms with van der Waals surface area (Å²) in [5, 5.41) is 0. The standard InChI is InChI=1S/C13H21N3S/c1-8(2)16-12(14)11(10-5-6-17-7-10)15-13(16)9-3-4-9/h8-10H,3-7,14H2,1-2H3. The zero-order chi connectivity index (χ0) is 12.0. The first kappa shape index (κ1) is 11.5. The Balaban J connectivity index is 2.00. The molecule has 1 aliphatic carbocycles. The van der Waals surface area contributed by atoms with Gasteiger partial charge in [-0.05, 0) is 38.9 Å². The van der Waals surface area contributed by atoms with Crippen molar-refractivity contribution < 1.29 is 0 Å². The molecule has 0 spiro atoms. The van der Waals surface area contributed by atoms with E-state index < -0.39 is 0 Å². The molecule has 1 atom stereocenters. The molecule has 1 saturated heterocycles. The number of nitrogens with zero attached hydrogens (tertiary/aromatic N) is 2. The van der Waals surface area contributed by atoms with Crippen LogP contribution >= 0.6 is 11.8 Å². The van der Waals surface area contributed by atoms with E-state index in [1.165, 1.54) is 42.3 Å². The van der Waals surface area contributed by atoms with Crippen LogP contribution in [0.25, 0.3) is 0 Å². The van der Waals surface area contributed by atoms with Crippen molar-refractivity contribution in [2.45, 2.75) is 51.0 Å². The summed E-state index contributed by atoms with van der Waals surface area (Å²) in [5.74, 6) is 5.93. The SMILES string of the molecule is CC(C)n1c(C2CC2)nc(C2CCSC2)c1N. The van der Waals surface area contributed by atoms with Crippen molar-refractivity contribution in [3.05, 3.63) is 11.5 Å². The summed E-state index contributed by atoms with van der Waals surface area (Å²) in [6.45, 7) is 4.41. The second-order valence-electron chi connectivity index (χ2n) is 5.54. The average molecular weight is 251 g/mol. The Hall–Kier alpha value is -0.640. The van der Waals surface area contributed by atoms with Crippen LogP contribution in [0.4, 0.5) is 5.82 Å². The molecule has 0 radical (unpaired) electrons. The quantitative estimate of drug-likeness (QED) is 0.897. The Morgan fingerprint density at radius 1 is 1.29 bits per heavy atom. The van der Waals surface area contributed by atoms with Crippen molar-refractivity contribution >= 4 is 17.6 Å².